The molecule has 0 atom stereocenters. The molecule has 0 aliphatic carbocycles. The lowest BCUT2D eigenvalue weighted by atomic mass is 9.93. The fourth-order valence-corrected chi connectivity index (χ4v) is 3.73. The number of hydrogen-bond acceptors (Lipinski definition) is 3. The maximum absolute atomic E-state index is 12.4. The third-order valence-corrected chi connectivity index (χ3v) is 5.41. The fourth-order valence-electron chi connectivity index (χ4n) is 2.62. The van der Waals surface area contributed by atoms with Crippen molar-refractivity contribution >= 4 is 35.0 Å². The Balaban J connectivity index is 1.90. The van der Waals surface area contributed by atoms with Crippen molar-refractivity contribution < 1.29 is 13.6 Å². The van der Waals surface area contributed by atoms with E-state index in [1.165, 1.54) is 0 Å². The molecule has 2 N–H and O–H groups in total. The van der Waals surface area contributed by atoms with E-state index >= 15 is 0 Å². The van der Waals surface area contributed by atoms with Gasteiger partial charge in [-0.15, -0.1) is 11.8 Å². The molecule has 1 heterocycles. The molecule has 2 rings (SSSR count). The first-order valence-corrected chi connectivity index (χ1v) is 9.12. The summed E-state index contributed by atoms with van der Waals surface area (Å²) in [5.41, 5.74) is 0.512. The number of rotatable bonds is 7. The predicted octanol–water partition coefficient (Wildman–Crippen LogP) is 4.42. The highest BCUT2D eigenvalue weighted by Gasteiger charge is 2.16. The summed E-state index contributed by atoms with van der Waals surface area (Å²) < 4.78 is 24.8. The van der Waals surface area contributed by atoms with Crippen LogP contribution in [0.3, 0.4) is 0 Å². The van der Waals surface area contributed by atoms with Gasteiger partial charge in [0.15, 0.2) is 0 Å². The van der Waals surface area contributed by atoms with Crippen LogP contribution in [-0.2, 0) is 4.79 Å². The van der Waals surface area contributed by atoms with Crippen molar-refractivity contribution in [2.45, 2.75) is 37.0 Å². The van der Waals surface area contributed by atoms with Crippen molar-refractivity contribution in [1.29, 1.82) is 0 Å². The molecule has 0 aromatic heterocycles. The normalized spacial score (nSPS) is 15.8. The molecule has 1 aromatic carbocycles. The van der Waals surface area contributed by atoms with Gasteiger partial charge in [0.25, 0.3) is 0 Å². The molecule has 128 valence electrons. The zero-order valence-corrected chi connectivity index (χ0v) is 14.4. The Morgan fingerprint density at radius 3 is 2.83 bits per heavy atom. The molecular weight excluding hydrogens is 342 g/mol. The van der Waals surface area contributed by atoms with E-state index in [0.29, 0.717) is 27.9 Å². The highest BCUT2D eigenvalue weighted by atomic mass is 35.5. The molecule has 1 amide bonds. The number of amides is 1. The van der Waals surface area contributed by atoms with E-state index in [-0.39, 0.29) is 11.7 Å². The van der Waals surface area contributed by atoms with Crippen LogP contribution in [0.25, 0.3) is 0 Å². The maximum atomic E-state index is 12.4. The number of anilines is 1. The average molecular weight is 363 g/mol. The van der Waals surface area contributed by atoms with Crippen molar-refractivity contribution in [1.82, 2.24) is 5.32 Å². The van der Waals surface area contributed by atoms with Gasteiger partial charge in [-0.05, 0) is 50.4 Å². The summed E-state index contributed by atoms with van der Waals surface area (Å²) in [5, 5.41) is 6.49. The van der Waals surface area contributed by atoms with Gasteiger partial charge in [-0.2, -0.15) is 0 Å². The van der Waals surface area contributed by atoms with Gasteiger partial charge in [-0.1, -0.05) is 17.7 Å². The van der Waals surface area contributed by atoms with Gasteiger partial charge >= 0.3 is 0 Å². The minimum Gasteiger partial charge on any atom is -0.325 e. The maximum Gasteiger partial charge on any atom is 0.247 e. The van der Waals surface area contributed by atoms with E-state index in [0.717, 1.165) is 44.1 Å². The minimum absolute atomic E-state index is 0.0929. The summed E-state index contributed by atoms with van der Waals surface area (Å²) >= 11 is 7.04. The van der Waals surface area contributed by atoms with Crippen molar-refractivity contribution in [3.8, 4) is 0 Å². The second kappa shape index (κ2) is 9.45. The van der Waals surface area contributed by atoms with Crippen LogP contribution < -0.4 is 10.6 Å². The lowest BCUT2D eigenvalue weighted by molar-refractivity contribution is -0.116. The Bertz CT molecular complexity index is 525. The summed E-state index contributed by atoms with van der Waals surface area (Å²) in [4.78, 5) is 12.6. The Morgan fingerprint density at radius 1 is 1.39 bits per heavy atom. The monoisotopic (exact) mass is 362 g/mol. The SMILES string of the molecule is O=C(CCC1CCNCC1)Nc1cccc(Cl)c1SCC(F)F. The third kappa shape index (κ3) is 6.28. The molecule has 1 saturated heterocycles. The number of carbonyl (C=O) groups excluding carboxylic acids is 1. The van der Waals surface area contributed by atoms with Gasteiger partial charge < -0.3 is 10.6 Å². The molecule has 0 unspecified atom stereocenters. The van der Waals surface area contributed by atoms with Crippen LogP contribution in [0.5, 0.6) is 0 Å². The zero-order valence-electron chi connectivity index (χ0n) is 12.8. The molecule has 7 heteroatoms. The summed E-state index contributed by atoms with van der Waals surface area (Å²) in [6.07, 6.45) is 1.07. The van der Waals surface area contributed by atoms with Gasteiger partial charge in [-0.25, -0.2) is 8.78 Å². The van der Waals surface area contributed by atoms with Crippen LogP contribution in [0.1, 0.15) is 25.7 Å². The number of hydrogen-bond donors (Lipinski definition) is 2. The predicted molar refractivity (Wildman–Crippen MR) is 91.6 cm³/mol. The van der Waals surface area contributed by atoms with Gasteiger partial charge in [0.2, 0.25) is 12.3 Å². The Labute approximate surface area is 144 Å². The van der Waals surface area contributed by atoms with E-state index in [4.69, 9.17) is 11.6 Å². The largest absolute Gasteiger partial charge is 0.325 e. The quantitative estimate of drug-likeness (QED) is 0.706. The second-order valence-corrected chi connectivity index (χ2v) is 7.04. The molecular formula is C16H21ClF2N2OS. The van der Waals surface area contributed by atoms with Gasteiger partial charge in [0, 0.05) is 11.3 Å². The van der Waals surface area contributed by atoms with Crippen molar-refractivity contribution in [2.75, 3.05) is 24.2 Å². The number of piperidine rings is 1. The molecule has 23 heavy (non-hydrogen) atoms. The molecule has 3 nitrogen and oxygen atoms in total. The minimum atomic E-state index is -2.42. The number of halogens is 3. The van der Waals surface area contributed by atoms with E-state index in [1.807, 2.05) is 0 Å². The van der Waals surface area contributed by atoms with E-state index < -0.39 is 6.43 Å². The summed E-state index contributed by atoms with van der Waals surface area (Å²) in [5.74, 6) is 0.139. The molecule has 1 aliphatic heterocycles. The van der Waals surface area contributed by atoms with E-state index in [2.05, 4.69) is 10.6 Å². The summed E-state index contributed by atoms with van der Waals surface area (Å²) in [6.45, 7) is 2.02. The van der Waals surface area contributed by atoms with Gasteiger partial charge in [-0.3, -0.25) is 4.79 Å². The van der Waals surface area contributed by atoms with E-state index in [1.54, 1.807) is 18.2 Å². The first-order valence-electron chi connectivity index (χ1n) is 7.76. The van der Waals surface area contributed by atoms with Crippen LogP contribution in [0.4, 0.5) is 14.5 Å². The van der Waals surface area contributed by atoms with Crippen molar-refractivity contribution in [3.63, 3.8) is 0 Å². The van der Waals surface area contributed by atoms with Crippen LogP contribution in [0, 0.1) is 5.92 Å². The van der Waals surface area contributed by atoms with Gasteiger partial charge in [0.1, 0.15) is 0 Å². The summed E-state index contributed by atoms with van der Waals surface area (Å²) in [6, 6.07) is 5.04. The number of carbonyl (C=O) groups is 1. The number of benzene rings is 1. The Kier molecular flexibility index (Phi) is 7.59. The van der Waals surface area contributed by atoms with Crippen LogP contribution in [0.15, 0.2) is 23.1 Å². The molecule has 0 bridgehead atoms. The smallest absolute Gasteiger partial charge is 0.247 e. The van der Waals surface area contributed by atoms with Crippen LogP contribution >= 0.6 is 23.4 Å². The molecule has 1 fully saturated rings. The number of thioether (sulfide) groups is 1. The number of alkyl halides is 2. The van der Waals surface area contributed by atoms with Gasteiger partial charge in [0.05, 0.1) is 16.5 Å². The second-order valence-electron chi connectivity index (χ2n) is 5.60. The molecule has 0 saturated carbocycles. The standard InChI is InChI=1S/C16H21ClF2N2OS/c17-12-2-1-3-13(16(12)23-10-14(18)19)21-15(22)5-4-11-6-8-20-9-7-11/h1-3,11,14,20H,4-10H2,(H,21,22). The molecule has 1 aliphatic rings. The average Bonchev–Trinajstić information content (AvgIpc) is 2.53. The Morgan fingerprint density at radius 2 is 2.13 bits per heavy atom. The Hall–Kier alpha value is -0.850. The molecule has 0 radical (unpaired) electrons. The topological polar surface area (TPSA) is 41.1 Å². The highest BCUT2D eigenvalue weighted by molar-refractivity contribution is 7.99. The van der Waals surface area contributed by atoms with Crippen molar-refractivity contribution in [2.24, 2.45) is 5.92 Å². The first kappa shape index (κ1) is 18.5. The van der Waals surface area contributed by atoms with Crippen molar-refractivity contribution in [3.05, 3.63) is 23.2 Å². The fraction of sp³-hybridized carbons (Fsp3) is 0.562. The number of nitrogens with one attached hydrogen (secondary N) is 2. The lowest BCUT2D eigenvalue weighted by Crippen LogP contribution is -2.28. The lowest BCUT2D eigenvalue weighted by Gasteiger charge is -2.22. The first-order chi connectivity index (χ1) is 11.1. The third-order valence-electron chi connectivity index (χ3n) is 3.83. The molecule has 1 aromatic rings. The zero-order chi connectivity index (χ0) is 16.7. The highest BCUT2D eigenvalue weighted by Crippen LogP contribution is 2.35. The molecule has 0 spiro atoms. The van der Waals surface area contributed by atoms with E-state index in [9.17, 15) is 13.6 Å². The van der Waals surface area contributed by atoms with Crippen LogP contribution in [0.2, 0.25) is 5.02 Å². The summed E-state index contributed by atoms with van der Waals surface area (Å²) in [7, 11) is 0. The van der Waals surface area contributed by atoms with Crippen LogP contribution in [-0.4, -0.2) is 31.2 Å².